The second kappa shape index (κ2) is 10.8. The Morgan fingerprint density at radius 2 is 1.85 bits per heavy atom. The van der Waals surface area contributed by atoms with E-state index >= 15 is 0 Å². The van der Waals surface area contributed by atoms with E-state index in [1.165, 1.54) is 18.4 Å². The molecule has 0 amide bonds. The molecule has 0 saturated carbocycles. The van der Waals surface area contributed by atoms with Crippen LogP contribution < -0.4 is 10.6 Å². The van der Waals surface area contributed by atoms with Crippen LogP contribution in [0.1, 0.15) is 52.1 Å². The molecule has 6 heteroatoms. The molecule has 0 aliphatic carbocycles. The van der Waals surface area contributed by atoms with Gasteiger partial charge in [-0.3, -0.25) is 14.1 Å². The molecular formula is C21H36N4OS. The number of rotatable bonds is 8. The standard InChI is InChI=1S/C21H36N4OS/c1-5-22-20(23-13-16-27(26)21(2,3)4)24-17-19(25-14-9-10-15-25)18-11-7-6-8-12-18/h6-8,11-12,19H,5,9-10,13-17H2,1-4H3,(H2,22,23,24). The van der Waals surface area contributed by atoms with Crippen LogP contribution in [0.25, 0.3) is 0 Å². The number of likely N-dealkylation sites (tertiary alicyclic amines) is 1. The SMILES string of the molecule is CCNC(=NCC(c1ccccc1)N1CCCC1)NCCS(=O)C(C)(C)C. The Morgan fingerprint density at radius 3 is 2.44 bits per heavy atom. The first-order valence-corrected chi connectivity index (χ1v) is 11.4. The summed E-state index contributed by atoms with van der Waals surface area (Å²) in [6.07, 6.45) is 2.54. The summed E-state index contributed by atoms with van der Waals surface area (Å²) in [4.78, 5) is 7.39. The summed E-state index contributed by atoms with van der Waals surface area (Å²) in [5.74, 6) is 1.44. The van der Waals surface area contributed by atoms with E-state index in [1.807, 2.05) is 20.8 Å². The predicted octanol–water partition coefficient (Wildman–Crippen LogP) is 2.93. The molecule has 2 rings (SSSR count). The first kappa shape index (κ1) is 21.9. The number of benzene rings is 1. The van der Waals surface area contributed by atoms with Crippen molar-refractivity contribution in [3.63, 3.8) is 0 Å². The Balaban J connectivity index is 2.00. The molecule has 1 aliphatic rings. The molecule has 5 nitrogen and oxygen atoms in total. The third-order valence-electron chi connectivity index (χ3n) is 4.80. The largest absolute Gasteiger partial charge is 0.357 e. The minimum Gasteiger partial charge on any atom is -0.357 e. The van der Waals surface area contributed by atoms with E-state index in [-0.39, 0.29) is 4.75 Å². The fourth-order valence-corrected chi connectivity index (χ4v) is 4.15. The van der Waals surface area contributed by atoms with Crippen molar-refractivity contribution in [2.75, 3.05) is 38.5 Å². The second-order valence-corrected chi connectivity index (χ2v) is 10.3. The summed E-state index contributed by atoms with van der Waals surface area (Å²) in [6.45, 7) is 12.6. The first-order valence-electron chi connectivity index (χ1n) is 10.1. The normalized spacial score (nSPS) is 18.3. The lowest BCUT2D eigenvalue weighted by Gasteiger charge is -2.27. The smallest absolute Gasteiger partial charge is 0.191 e. The van der Waals surface area contributed by atoms with Crippen LogP contribution in [0, 0.1) is 0 Å². The van der Waals surface area contributed by atoms with Gasteiger partial charge in [-0.05, 0) is 59.2 Å². The lowest BCUT2D eigenvalue weighted by molar-refractivity contribution is 0.251. The fraction of sp³-hybridized carbons (Fsp3) is 0.667. The maximum atomic E-state index is 12.2. The lowest BCUT2D eigenvalue weighted by Crippen LogP contribution is -2.41. The van der Waals surface area contributed by atoms with Gasteiger partial charge in [0.25, 0.3) is 0 Å². The predicted molar refractivity (Wildman–Crippen MR) is 117 cm³/mol. The maximum absolute atomic E-state index is 12.2. The molecule has 0 radical (unpaired) electrons. The summed E-state index contributed by atoms with van der Waals surface area (Å²) in [6, 6.07) is 11.0. The summed E-state index contributed by atoms with van der Waals surface area (Å²) in [5.41, 5.74) is 1.33. The number of hydrogen-bond acceptors (Lipinski definition) is 3. The van der Waals surface area contributed by atoms with Crippen molar-refractivity contribution < 1.29 is 4.21 Å². The van der Waals surface area contributed by atoms with Crippen molar-refractivity contribution in [2.24, 2.45) is 4.99 Å². The molecule has 27 heavy (non-hydrogen) atoms. The summed E-state index contributed by atoms with van der Waals surface area (Å²) in [5, 5.41) is 6.66. The van der Waals surface area contributed by atoms with Gasteiger partial charge in [0.1, 0.15) is 0 Å². The molecule has 1 aromatic rings. The van der Waals surface area contributed by atoms with Crippen LogP contribution in [0.4, 0.5) is 0 Å². The van der Waals surface area contributed by atoms with Gasteiger partial charge in [-0.2, -0.15) is 0 Å². The van der Waals surface area contributed by atoms with E-state index in [1.54, 1.807) is 0 Å². The minimum absolute atomic E-state index is 0.175. The molecule has 1 aliphatic heterocycles. The van der Waals surface area contributed by atoms with Crippen LogP contribution >= 0.6 is 0 Å². The third kappa shape index (κ3) is 7.26. The molecule has 0 spiro atoms. The molecule has 1 aromatic carbocycles. The number of hydrogen-bond donors (Lipinski definition) is 2. The Labute approximate surface area is 167 Å². The molecule has 1 heterocycles. The van der Waals surface area contributed by atoms with Crippen LogP contribution in [0.5, 0.6) is 0 Å². The van der Waals surface area contributed by atoms with Crippen LogP contribution in [0.15, 0.2) is 35.3 Å². The van der Waals surface area contributed by atoms with E-state index in [9.17, 15) is 4.21 Å². The van der Waals surface area contributed by atoms with Crippen molar-refractivity contribution in [2.45, 2.75) is 51.3 Å². The summed E-state index contributed by atoms with van der Waals surface area (Å²) >= 11 is 0. The Bertz CT molecular complexity index is 606. The van der Waals surface area contributed by atoms with Gasteiger partial charge in [0.05, 0.1) is 12.6 Å². The zero-order valence-electron chi connectivity index (χ0n) is 17.3. The van der Waals surface area contributed by atoms with E-state index in [0.717, 1.165) is 32.1 Å². The van der Waals surface area contributed by atoms with Crippen LogP contribution in [-0.2, 0) is 10.8 Å². The average Bonchev–Trinajstić information content (AvgIpc) is 3.16. The van der Waals surface area contributed by atoms with Crippen LogP contribution in [0.3, 0.4) is 0 Å². The zero-order chi connectivity index (χ0) is 19.7. The molecule has 1 fully saturated rings. The quantitative estimate of drug-likeness (QED) is 0.528. The van der Waals surface area contributed by atoms with Crippen molar-refractivity contribution in [1.29, 1.82) is 0 Å². The highest BCUT2D eigenvalue weighted by Crippen LogP contribution is 2.25. The molecule has 0 aromatic heterocycles. The van der Waals surface area contributed by atoms with Gasteiger partial charge in [-0.1, -0.05) is 30.3 Å². The minimum atomic E-state index is -0.856. The molecule has 1 saturated heterocycles. The van der Waals surface area contributed by atoms with Crippen molar-refractivity contribution in [1.82, 2.24) is 15.5 Å². The van der Waals surface area contributed by atoms with E-state index < -0.39 is 10.8 Å². The summed E-state index contributed by atoms with van der Waals surface area (Å²) < 4.78 is 12.1. The highest BCUT2D eigenvalue weighted by Gasteiger charge is 2.23. The van der Waals surface area contributed by atoms with Gasteiger partial charge in [-0.25, -0.2) is 0 Å². The van der Waals surface area contributed by atoms with Gasteiger partial charge >= 0.3 is 0 Å². The highest BCUT2D eigenvalue weighted by molar-refractivity contribution is 7.86. The van der Waals surface area contributed by atoms with Crippen molar-refractivity contribution in [3.05, 3.63) is 35.9 Å². The highest BCUT2D eigenvalue weighted by atomic mass is 32.2. The van der Waals surface area contributed by atoms with Gasteiger partial charge in [0.15, 0.2) is 5.96 Å². The number of aliphatic imine (C=N–C) groups is 1. The Kier molecular flexibility index (Phi) is 8.77. The lowest BCUT2D eigenvalue weighted by atomic mass is 10.1. The Hall–Kier alpha value is -1.40. The zero-order valence-corrected chi connectivity index (χ0v) is 18.1. The average molecular weight is 393 g/mol. The first-order chi connectivity index (χ1) is 12.9. The van der Waals surface area contributed by atoms with Gasteiger partial charge in [0.2, 0.25) is 0 Å². The fourth-order valence-electron chi connectivity index (χ4n) is 3.25. The number of nitrogens with one attached hydrogen (secondary N) is 2. The monoisotopic (exact) mass is 392 g/mol. The number of guanidine groups is 1. The Morgan fingerprint density at radius 1 is 1.19 bits per heavy atom. The van der Waals surface area contributed by atoms with Crippen molar-refractivity contribution >= 4 is 16.8 Å². The van der Waals surface area contributed by atoms with E-state index in [2.05, 4.69) is 52.8 Å². The van der Waals surface area contributed by atoms with Crippen LogP contribution in [0.2, 0.25) is 0 Å². The van der Waals surface area contributed by atoms with Gasteiger partial charge < -0.3 is 10.6 Å². The van der Waals surface area contributed by atoms with Crippen molar-refractivity contribution in [3.8, 4) is 0 Å². The topological polar surface area (TPSA) is 56.7 Å². The molecular weight excluding hydrogens is 356 g/mol. The number of nitrogens with zero attached hydrogens (tertiary/aromatic N) is 2. The molecule has 152 valence electrons. The molecule has 2 atom stereocenters. The summed E-state index contributed by atoms with van der Waals surface area (Å²) in [7, 11) is -0.856. The molecule has 0 bridgehead atoms. The molecule has 2 unspecified atom stereocenters. The maximum Gasteiger partial charge on any atom is 0.191 e. The molecule has 2 N–H and O–H groups in total. The van der Waals surface area contributed by atoms with Gasteiger partial charge in [0, 0.05) is 34.4 Å². The van der Waals surface area contributed by atoms with Gasteiger partial charge in [-0.15, -0.1) is 0 Å². The van der Waals surface area contributed by atoms with E-state index in [4.69, 9.17) is 4.99 Å². The second-order valence-electron chi connectivity index (χ2n) is 7.98. The van der Waals surface area contributed by atoms with E-state index in [0.29, 0.717) is 18.3 Å². The third-order valence-corrected chi connectivity index (χ3v) is 6.74. The van der Waals surface area contributed by atoms with Crippen LogP contribution in [-0.4, -0.2) is 58.3 Å².